The maximum Gasteiger partial charge on any atom is 0.0566 e. The van der Waals surface area contributed by atoms with Crippen molar-refractivity contribution in [3.8, 4) is 0 Å². The zero-order chi connectivity index (χ0) is 9.84. The van der Waals surface area contributed by atoms with Gasteiger partial charge in [0, 0.05) is 13.2 Å². The Kier molecular flexibility index (Phi) is 3.48. The highest BCUT2D eigenvalue weighted by Crippen LogP contribution is 2.09. The third-order valence-electron chi connectivity index (χ3n) is 2.26. The average Bonchev–Trinajstić information content (AvgIpc) is 2.47. The molecule has 1 heterocycles. The van der Waals surface area contributed by atoms with Gasteiger partial charge in [-0.25, -0.2) is 0 Å². The molecule has 0 amide bonds. The Balaban J connectivity index is 2.35. The molecule has 3 heteroatoms. The number of nitrogens with zero attached hydrogens (tertiary/aromatic N) is 2. The normalized spacial score (nSPS) is 13.6. The molecular formula is C10H18N2O. The summed E-state index contributed by atoms with van der Waals surface area (Å²) in [5.74, 6) is 0.344. The van der Waals surface area contributed by atoms with Gasteiger partial charge < -0.3 is 5.11 Å². The molecule has 0 bridgehead atoms. The number of hydrogen-bond acceptors (Lipinski definition) is 2. The predicted octanol–water partition coefficient (Wildman–Crippen LogP) is 1.37. The van der Waals surface area contributed by atoms with Crippen molar-refractivity contribution in [1.29, 1.82) is 0 Å². The molecule has 1 aromatic heterocycles. The molecule has 0 aliphatic heterocycles. The van der Waals surface area contributed by atoms with Crippen LogP contribution in [0.25, 0.3) is 0 Å². The first-order valence-corrected chi connectivity index (χ1v) is 4.75. The highest BCUT2D eigenvalue weighted by Gasteiger charge is 2.09. The minimum Gasteiger partial charge on any atom is -0.393 e. The lowest BCUT2D eigenvalue weighted by Crippen LogP contribution is -2.15. The number of aliphatic hydroxyl groups is 1. The molecule has 1 N–H and O–H groups in total. The van der Waals surface area contributed by atoms with E-state index in [1.54, 1.807) is 4.68 Å². The van der Waals surface area contributed by atoms with Crippen LogP contribution in [0.5, 0.6) is 0 Å². The molecule has 1 rings (SSSR count). The maximum absolute atomic E-state index is 9.57. The van der Waals surface area contributed by atoms with Gasteiger partial charge >= 0.3 is 0 Å². The van der Waals surface area contributed by atoms with E-state index in [4.69, 9.17) is 0 Å². The monoisotopic (exact) mass is 182 g/mol. The fraction of sp³-hybridized carbons (Fsp3) is 0.700. The minimum absolute atomic E-state index is 0.194. The standard InChI is InChI=1S/C10H18N2O/c1-8(2)10(13)5-4-9-6-11-12(3)7-9/h6-8,10,13H,4-5H2,1-3H3. The summed E-state index contributed by atoms with van der Waals surface area (Å²) in [5, 5.41) is 13.6. The Morgan fingerprint density at radius 1 is 1.54 bits per heavy atom. The largest absolute Gasteiger partial charge is 0.393 e. The summed E-state index contributed by atoms with van der Waals surface area (Å²) < 4.78 is 1.79. The predicted molar refractivity (Wildman–Crippen MR) is 52.4 cm³/mol. The van der Waals surface area contributed by atoms with Gasteiger partial charge in [0.15, 0.2) is 0 Å². The second kappa shape index (κ2) is 4.42. The zero-order valence-corrected chi connectivity index (χ0v) is 8.57. The Labute approximate surface area is 79.4 Å². The molecule has 0 spiro atoms. The van der Waals surface area contributed by atoms with E-state index in [-0.39, 0.29) is 6.10 Å². The van der Waals surface area contributed by atoms with E-state index < -0.39 is 0 Å². The van der Waals surface area contributed by atoms with E-state index in [9.17, 15) is 5.11 Å². The van der Waals surface area contributed by atoms with Gasteiger partial charge in [0.25, 0.3) is 0 Å². The molecule has 0 fully saturated rings. The number of aromatic nitrogens is 2. The molecule has 3 nitrogen and oxygen atoms in total. The number of aryl methyl sites for hydroxylation is 2. The van der Waals surface area contributed by atoms with Crippen molar-refractivity contribution < 1.29 is 5.11 Å². The lowest BCUT2D eigenvalue weighted by Gasteiger charge is -2.12. The zero-order valence-electron chi connectivity index (χ0n) is 8.57. The van der Waals surface area contributed by atoms with Crippen LogP contribution in [0.2, 0.25) is 0 Å². The molecule has 0 aromatic carbocycles. The van der Waals surface area contributed by atoms with Crippen LogP contribution in [-0.4, -0.2) is 21.0 Å². The maximum atomic E-state index is 9.57. The molecule has 13 heavy (non-hydrogen) atoms. The highest BCUT2D eigenvalue weighted by molar-refractivity contribution is 5.03. The fourth-order valence-electron chi connectivity index (χ4n) is 1.25. The molecule has 74 valence electrons. The topological polar surface area (TPSA) is 38.1 Å². The first kappa shape index (κ1) is 10.3. The van der Waals surface area contributed by atoms with Crippen LogP contribution in [0, 0.1) is 5.92 Å². The Morgan fingerprint density at radius 3 is 2.69 bits per heavy atom. The quantitative estimate of drug-likeness (QED) is 0.763. The van der Waals surface area contributed by atoms with Crippen molar-refractivity contribution in [3.63, 3.8) is 0 Å². The van der Waals surface area contributed by atoms with Crippen molar-refractivity contribution in [2.75, 3.05) is 0 Å². The summed E-state index contributed by atoms with van der Waals surface area (Å²) in [5.41, 5.74) is 1.20. The van der Waals surface area contributed by atoms with Gasteiger partial charge in [-0.2, -0.15) is 5.10 Å². The molecule has 0 saturated heterocycles. The van der Waals surface area contributed by atoms with E-state index in [0.29, 0.717) is 5.92 Å². The van der Waals surface area contributed by atoms with Gasteiger partial charge in [-0.15, -0.1) is 0 Å². The lowest BCUT2D eigenvalue weighted by atomic mass is 10.0. The van der Waals surface area contributed by atoms with Crippen molar-refractivity contribution >= 4 is 0 Å². The molecule has 1 unspecified atom stereocenters. The van der Waals surface area contributed by atoms with Crippen molar-refractivity contribution in [1.82, 2.24) is 9.78 Å². The third kappa shape index (κ3) is 3.19. The first-order valence-electron chi connectivity index (χ1n) is 4.75. The second-order valence-electron chi connectivity index (χ2n) is 3.87. The van der Waals surface area contributed by atoms with Crippen LogP contribution < -0.4 is 0 Å². The molecule has 0 aliphatic carbocycles. The molecule has 1 atom stereocenters. The smallest absolute Gasteiger partial charge is 0.0566 e. The van der Waals surface area contributed by atoms with Crippen LogP contribution in [-0.2, 0) is 13.5 Å². The van der Waals surface area contributed by atoms with Gasteiger partial charge in [-0.05, 0) is 24.3 Å². The summed E-state index contributed by atoms with van der Waals surface area (Å²) in [7, 11) is 1.91. The van der Waals surface area contributed by atoms with Gasteiger partial charge in [-0.1, -0.05) is 13.8 Å². The second-order valence-corrected chi connectivity index (χ2v) is 3.87. The molecule has 0 aliphatic rings. The van der Waals surface area contributed by atoms with E-state index in [1.807, 2.05) is 33.3 Å². The van der Waals surface area contributed by atoms with E-state index in [1.165, 1.54) is 5.56 Å². The number of aliphatic hydroxyl groups excluding tert-OH is 1. The van der Waals surface area contributed by atoms with Crippen LogP contribution >= 0.6 is 0 Å². The third-order valence-corrected chi connectivity index (χ3v) is 2.26. The van der Waals surface area contributed by atoms with Crippen LogP contribution in [0.3, 0.4) is 0 Å². The van der Waals surface area contributed by atoms with E-state index in [2.05, 4.69) is 5.10 Å². The van der Waals surface area contributed by atoms with E-state index in [0.717, 1.165) is 12.8 Å². The first-order chi connectivity index (χ1) is 6.09. The van der Waals surface area contributed by atoms with Crippen molar-refractivity contribution in [3.05, 3.63) is 18.0 Å². The van der Waals surface area contributed by atoms with Gasteiger partial charge in [0.05, 0.1) is 12.3 Å². The molecular weight excluding hydrogens is 164 g/mol. The summed E-state index contributed by atoms with van der Waals surface area (Å²) in [6, 6.07) is 0. The van der Waals surface area contributed by atoms with Crippen LogP contribution in [0.15, 0.2) is 12.4 Å². The van der Waals surface area contributed by atoms with Crippen LogP contribution in [0.1, 0.15) is 25.8 Å². The Morgan fingerprint density at radius 2 is 2.23 bits per heavy atom. The van der Waals surface area contributed by atoms with Crippen molar-refractivity contribution in [2.24, 2.45) is 13.0 Å². The Bertz CT molecular complexity index is 255. The molecule has 0 radical (unpaired) electrons. The minimum atomic E-state index is -0.194. The number of rotatable bonds is 4. The van der Waals surface area contributed by atoms with Crippen LogP contribution in [0.4, 0.5) is 0 Å². The van der Waals surface area contributed by atoms with Gasteiger partial charge in [0.1, 0.15) is 0 Å². The SMILES string of the molecule is CC(C)C(O)CCc1cnn(C)c1. The summed E-state index contributed by atoms with van der Waals surface area (Å²) in [4.78, 5) is 0. The lowest BCUT2D eigenvalue weighted by molar-refractivity contribution is 0.116. The van der Waals surface area contributed by atoms with E-state index >= 15 is 0 Å². The number of hydrogen-bond donors (Lipinski definition) is 1. The average molecular weight is 182 g/mol. The van der Waals surface area contributed by atoms with Gasteiger partial charge in [0.2, 0.25) is 0 Å². The Hall–Kier alpha value is -0.830. The summed E-state index contributed by atoms with van der Waals surface area (Å²) >= 11 is 0. The summed E-state index contributed by atoms with van der Waals surface area (Å²) in [6.45, 7) is 4.07. The highest BCUT2D eigenvalue weighted by atomic mass is 16.3. The molecule has 0 saturated carbocycles. The summed E-state index contributed by atoms with van der Waals surface area (Å²) in [6.07, 6.45) is 5.39. The van der Waals surface area contributed by atoms with Gasteiger partial charge in [-0.3, -0.25) is 4.68 Å². The van der Waals surface area contributed by atoms with Crippen molar-refractivity contribution in [2.45, 2.75) is 32.8 Å². The fourth-order valence-corrected chi connectivity index (χ4v) is 1.25. The molecule has 1 aromatic rings.